The molecule has 21 heavy (non-hydrogen) atoms. The molecule has 0 spiro atoms. The zero-order valence-corrected chi connectivity index (χ0v) is 14.2. The average Bonchev–Trinajstić information content (AvgIpc) is 2.46. The van der Waals surface area contributed by atoms with Crippen LogP contribution < -0.4 is 5.32 Å². The molecular formula is C18H22BrNO. The van der Waals surface area contributed by atoms with Crippen molar-refractivity contribution in [1.82, 2.24) is 5.32 Å². The molecule has 3 heteroatoms. The monoisotopic (exact) mass is 347 g/mol. The van der Waals surface area contributed by atoms with Gasteiger partial charge in [0, 0.05) is 16.1 Å². The summed E-state index contributed by atoms with van der Waals surface area (Å²) in [4.78, 5) is 12.3. The minimum Gasteiger partial charge on any atom is -0.350 e. The van der Waals surface area contributed by atoms with E-state index >= 15 is 0 Å². The molecular weight excluding hydrogens is 326 g/mol. The maximum absolute atomic E-state index is 12.3. The number of hydrogen-bond acceptors (Lipinski definition) is 1. The zero-order valence-electron chi connectivity index (χ0n) is 12.7. The molecule has 0 aliphatic carbocycles. The van der Waals surface area contributed by atoms with Gasteiger partial charge in [-0.05, 0) is 48.4 Å². The predicted octanol–water partition coefficient (Wildman–Crippen LogP) is 5.30. The fourth-order valence-electron chi connectivity index (χ4n) is 2.44. The Hall–Kier alpha value is -1.35. The number of carbonyl (C=O) groups excluding carboxylic acids is 1. The van der Waals surface area contributed by atoms with Crippen molar-refractivity contribution in [3.05, 3.63) is 46.4 Å². The van der Waals surface area contributed by atoms with Crippen LogP contribution in [0, 0.1) is 0 Å². The van der Waals surface area contributed by atoms with Crippen molar-refractivity contribution >= 4 is 32.6 Å². The van der Waals surface area contributed by atoms with Gasteiger partial charge in [-0.25, -0.2) is 0 Å². The van der Waals surface area contributed by atoms with Crippen LogP contribution in [0.1, 0.15) is 49.9 Å². The smallest absolute Gasteiger partial charge is 0.251 e. The summed E-state index contributed by atoms with van der Waals surface area (Å²) in [5.41, 5.74) is 0.729. The van der Waals surface area contributed by atoms with E-state index in [2.05, 4.69) is 41.2 Å². The quantitative estimate of drug-likeness (QED) is 0.705. The van der Waals surface area contributed by atoms with Gasteiger partial charge in [0.05, 0.1) is 0 Å². The highest BCUT2D eigenvalue weighted by Gasteiger charge is 2.10. The van der Waals surface area contributed by atoms with E-state index in [0.29, 0.717) is 0 Å². The van der Waals surface area contributed by atoms with Crippen LogP contribution in [-0.2, 0) is 0 Å². The lowest BCUT2D eigenvalue weighted by Crippen LogP contribution is -2.32. The van der Waals surface area contributed by atoms with Crippen LogP contribution in [0.3, 0.4) is 0 Å². The van der Waals surface area contributed by atoms with Crippen molar-refractivity contribution in [1.29, 1.82) is 0 Å². The molecule has 0 radical (unpaired) electrons. The minimum absolute atomic E-state index is 0.0174. The van der Waals surface area contributed by atoms with Crippen molar-refractivity contribution in [3.63, 3.8) is 0 Å². The van der Waals surface area contributed by atoms with Crippen molar-refractivity contribution in [2.24, 2.45) is 0 Å². The second kappa shape index (κ2) is 7.60. The van der Waals surface area contributed by atoms with Crippen LogP contribution >= 0.6 is 15.9 Å². The average molecular weight is 348 g/mol. The number of carbonyl (C=O) groups is 1. The van der Waals surface area contributed by atoms with Gasteiger partial charge >= 0.3 is 0 Å². The van der Waals surface area contributed by atoms with E-state index in [0.717, 1.165) is 27.2 Å². The molecule has 2 aromatic carbocycles. The van der Waals surface area contributed by atoms with Crippen molar-refractivity contribution in [2.75, 3.05) is 0 Å². The lowest BCUT2D eigenvalue weighted by molar-refractivity contribution is 0.0938. The Kier molecular flexibility index (Phi) is 5.80. The predicted molar refractivity (Wildman–Crippen MR) is 92.7 cm³/mol. The number of rotatable bonds is 6. The van der Waals surface area contributed by atoms with E-state index in [1.807, 2.05) is 30.3 Å². The molecule has 0 aliphatic heterocycles. The molecule has 112 valence electrons. The molecule has 0 saturated heterocycles. The Labute approximate surface area is 135 Å². The van der Waals surface area contributed by atoms with Crippen LogP contribution in [-0.4, -0.2) is 11.9 Å². The van der Waals surface area contributed by atoms with Crippen molar-refractivity contribution < 1.29 is 4.79 Å². The first-order chi connectivity index (χ1) is 10.1. The van der Waals surface area contributed by atoms with E-state index in [1.165, 1.54) is 19.3 Å². The van der Waals surface area contributed by atoms with Gasteiger partial charge in [-0.3, -0.25) is 4.79 Å². The summed E-state index contributed by atoms with van der Waals surface area (Å²) < 4.78 is 1.05. The number of amides is 1. The number of fused-ring (bicyclic) bond motifs is 1. The van der Waals surface area contributed by atoms with Gasteiger partial charge in [0.15, 0.2) is 0 Å². The van der Waals surface area contributed by atoms with Gasteiger partial charge in [-0.1, -0.05) is 54.2 Å². The largest absolute Gasteiger partial charge is 0.350 e. The van der Waals surface area contributed by atoms with Gasteiger partial charge in [0.2, 0.25) is 0 Å². The van der Waals surface area contributed by atoms with Gasteiger partial charge in [-0.2, -0.15) is 0 Å². The third-order valence-corrected chi connectivity index (χ3v) is 4.18. The number of unbranched alkanes of at least 4 members (excludes halogenated alkanes) is 2. The second-order valence-electron chi connectivity index (χ2n) is 5.58. The first-order valence-corrected chi connectivity index (χ1v) is 8.39. The summed E-state index contributed by atoms with van der Waals surface area (Å²) in [6.07, 6.45) is 4.65. The molecule has 2 rings (SSSR count). The highest BCUT2D eigenvalue weighted by molar-refractivity contribution is 9.10. The number of benzene rings is 2. The molecule has 2 nitrogen and oxygen atoms in total. The maximum Gasteiger partial charge on any atom is 0.251 e. The highest BCUT2D eigenvalue weighted by atomic mass is 79.9. The molecule has 1 amide bonds. The lowest BCUT2D eigenvalue weighted by Gasteiger charge is -2.14. The highest BCUT2D eigenvalue weighted by Crippen LogP contribution is 2.21. The normalized spacial score (nSPS) is 12.3. The Morgan fingerprint density at radius 1 is 1.14 bits per heavy atom. The number of nitrogens with one attached hydrogen (secondary N) is 1. The van der Waals surface area contributed by atoms with Gasteiger partial charge < -0.3 is 5.32 Å². The standard InChI is InChI=1S/C18H22BrNO/c1-3-4-5-6-13(2)20-18(21)16-8-7-15-12-17(19)10-9-14(15)11-16/h7-13H,3-6H2,1-2H3,(H,20,21). The van der Waals surface area contributed by atoms with Crippen LogP contribution in [0.5, 0.6) is 0 Å². The number of hydrogen-bond donors (Lipinski definition) is 1. The molecule has 0 bridgehead atoms. The molecule has 1 unspecified atom stereocenters. The van der Waals surface area contributed by atoms with E-state index in [-0.39, 0.29) is 11.9 Å². The summed E-state index contributed by atoms with van der Waals surface area (Å²) in [6.45, 7) is 4.27. The number of halogens is 1. The van der Waals surface area contributed by atoms with Crippen LogP contribution in [0.2, 0.25) is 0 Å². The fraction of sp³-hybridized carbons (Fsp3) is 0.389. The summed E-state index contributed by atoms with van der Waals surface area (Å²) in [6, 6.07) is 12.2. The molecule has 0 saturated carbocycles. The van der Waals surface area contributed by atoms with Crippen molar-refractivity contribution in [3.8, 4) is 0 Å². The second-order valence-corrected chi connectivity index (χ2v) is 6.49. The Balaban J connectivity index is 2.03. The van der Waals surface area contributed by atoms with E-state index < -0.39 is 0 Å². The van der Waals surface area contributed by atoms with Gasteiger partial charge in [-0.15, -0.1) is 0 Å². The Morgan fingerprint density at radius 2 is 1.86 bits per heavy atom. The molecule has 1 N–H and O–H groups in total. The SMILES string of the molecule is CCCCCC(C)NC(=O)c1ccc2cc(Br)ccc2c1. The maximum atomic E-state index is 12.3. The zero-order chi connectivity index (χ0) is 15.2. The van der Waals surface area contributed by atoms with Crippen LogP contribution in [0.25, 0.3) is 10.8 Å². The fourth-order valence-corrected chi connectivity index (χ4v) is 2.82. The summed E-state index contributed by atoms with van der Waals surface area (Å²) >= 11 is 3.46. The molecule has 1 atom stereocenters. The lowest BCUT2D eigenvalue weighted by atomic mass is 10.1. The molecule has 0 fully saturated rings. The van der Waals surface area contributed by atoms with E-state index in [1.54, 1.807) is 0 Å². The molecule has 0 aromatic heterocycles. The van der Waals surface area contributed by atoms with E-state index in [9.17, 15) is 4.79 Å². The topological polar surface area (TPSA) is 29.1 Å². The Morgan fingerprint density at radius 3 is 2.62 bits per heavy atom. The molecule has 2 aromatic rings. The molecule has 0 heterocycles. The summed E-state index contributed by atoms with van der Waals surface area (Å²) in [7, 11) is 0. The van der Waals surface area contributed by atoms with Crippen molar-refractivity contribution in [2.45, 2.75) is 45.6 Å². The minimum atomic E-state index is 0.0174. The van der Waals surface area contributed by atoms with Crippen LogP contribution in [0.4, 0.5) is 0 Å². The summed E-state index contributed by atoms with van der Waals surface area (Å²) in [5, 5.41) is 5.31. The van der Waals surface area contributed by atoms with Gasteiger partial charge in [0.25, 0.3) is 5.91 Å². The van der Waals surface area contributed by atoms with Gasteiger partial charge in [0.1, 0.15) is 0 Å². The molecule has 0 aliphatic rings. The van der Waals surface area contributed by atoms with Crippen LogP contribution in [0.15, 0.2) is 40.9 Å². The first-order valence-electron chi connectivity index (χ1n) is 7.60. The third-order valence-electron chi connectivity index (χ3n) is 3.68. The third kappa shape index (κ3) is 4.57. The van der Waals surface area contributed by atoms with E-state index in [4.69, 9.17) is 0 Å². The Bertz CT molecular complexity index is 624. The first kappa shape index (κ1) is 16.0. The summed E-state index contributed by atoms with van der Waals surface area (Å²) in [5.74, 6) is 0.0174.